The van der Waals surface area contributed by atoms with Gasteiger partial charge in [0.25, 0.3) is 5.69 Å². The summed E-state index contributed by atoms with van der Waals surface area (Å²) in [4.78, 5) is 47.8. The van der Waals surface area contributed by atoms with Gasteiger partial charge in [0.1, 0.15) is 13.3 Å². The lowest BCUT2D eigenvalue weighted by Gasteiger charge is -2.24. The molecule has 1 heterocycles. The number of hydrogen-bond acceptors (Lipinski definition) is 9. The van der Waals surface area contributed by atoms with Crippen LogP contribution in [-0.2, 0) is 20.9 Å². The summed E-state index contributed by atoms with van der Waals surface area (Å²) in [6.07, 6.45) is 0.0566. The van der Waals surface area contributed by atoms with E-state index in [1.165, 1.54) is 54.7 Å². The molecule has 31 heavy (non-hydrogen) atoms. The third-order valence-electron chi connectivity index (χ3n) is 4.61. The zero-order chi connectivity index (χ0) is 23.0. The van der Waals surface area contributed by atoms with Crippen LogP contribution in [-0.4, -0.2) is 67.6 Å². The van der Waals surface area contributed by atoms with Crippen LogP contribution in [0, 0.1) is 10.1 Å². The van der Waals surface area contributed by atoms with Crippen LogP contribution in [0.3, 0.4) is 0 Å². The zero-order valence-electron chi connectivity index (χ0n) is 17.2. The molecule has 1 saturated heterocycles. The van der Waals surface area contributed by atoms with Crippen molar-refractivity contribution in [3.8, 4) is 0 Å². The number of nitro benzene ring substituents is 1. The highest BCUT2D eigenvalue weighted by Gasteiger charge is 2.37. The fraction of sp³-hybridized carbons (Fsp3) is 0.526. The normalized spacial score (nSPS) is 19.0. The molecule has 0 bridgehead atoms. The smallest absolute Gasteiger partial charge is 0.410 e. The zero-order valence-corrected chi connectivity index (χ0v) is 18.8. The molecule has 2 rings (SSSR count). The second-order valence-electron chi connectivity index (χ2n) is 6.93. The van der Waals surface area contributed by atoms with E-state index in [-0.39, 0.29) is 34.6 Å². The second-order valence-corrected chi connectivity index (χ2v) is 9.78. The minimum Gasteiger partial charge on any atom is -0.445 e. The maximum Gasteiger partial charge on any atom is 0.410 e. The number of nitrogens with one attached hydrogen (secondary N) is 1. The highest BCUT2D eigenvalue weighted by molar-refractivity contribution is 8.14. The Morgan fingerprint density at radius 2 is 2.03 bits per heavy atom. The quantitative estimate of drug-likeness (QED) is 0.315. The van der Waals surface area contributed by atoms with Gasteiger partial charge >= 0.3 is 6.09 Å². The van der Waals surface area contributed by atoms with Gasteiger partial charge in [-0.3, -0.25) is 19.7 Å². The van der Waals surface area contributed by atoms with E-state index >= 15 is 0 Å². The molecule has 2 N–H and O–H groups in total. The van der Waals surface area contributed by atoms with E-state index in [2.05, 4.69) is 5.32 Å². The Balaban J connectivity index is 1.97. The van der Waals surface area contributed by atoms with Crippen LogP contribution >= 0.6 is 23.5 Å². The molecular weight excluding hydrogens is 446 g/mol. The Morgan fingerprint density at radius 1 is 1.35 bits per heavy atom. The molecule has 0 saturated carbocycles. The topological polar surface area (TPSA) is 139 Å². The van der Waals surface area contributed by atoms with Crippen LogP contribution in [0.1, 0.15) is 25.8 Å². The van der Waals surface area contributed by atoms with Gasteiger partial charge in [-0.05, 0) is 31.0 Å². The summed E-state index contributed by atoms with van der Waals surface area (Å²) in [5.74, 6) is 0.175. The molecular formula is C19H25N3O7S2. The number of likely N-dealkylation sites (tertiary alicyclic amines) is 1. The van der Waals surface area contributed by atoms with Crippen LogP contribution in [0.4, 0.5) is 10.5 Å². The largest absolute Gasteiger partial charge is 0.445 e. The second kappa shape index (κ2) is 11.9. The number of hydrogen-bond donors (Lipinski definition) is 2. The number of thioether (sulfide) groups is 2. The van der Waals surface area contributed by atoms with Crippen molar-refractivity contribution in [2.24, 2.45) is 0 Å². The molecule has 1 aromatic rings. The maximum atomic E-state index is 12.7. The van der Waals surface area contributed by atoms with E-state index in [4.69, 9.17) is 9.84 Å². The SMILES string of the molecule is CC(=O)S[C@@H]1C[C@@H](CSC(C)C(=O)NCO)N(C(=O)OCc2ccc([N+](=O)[O-])cc2)C1. The first-order valence-electron chi connectivity index (χ1n) is 9.55. The van der Waals surface area contributed by atoms with Crippen LogP contribution in [0.2, 0.25) is 0 Å². The van der Waals surface area contributed by atoms with Crippen molar-refractivity contribution in [1.82, 2.24) is 10.2 Å². The number of benzene rings is 1. The summed E-state index contributed by atoms with van der Waals surface area (Å²) < 4.78 is 5.39. The first-order chi connectivity index (χ1) is 14.7. The highest BCUT2D eigenvalue weighted by Crippen LogP contribution is 2.31. The predicted octanol–water partition coefficient (Wildman–Crippen LogP) is 2.14. The number of ether oxygens (including phenoxy) is 1. The van der Waals surface area contributed by atoms with Gasteiger partial charge in [0.15, 0.2) is 5.12 Å². The third kappa shape index (κ3) is 7.71. The minimum absolute atomic E-state index is 0.0341. The summed E-state index contributed by atoms with van der Waals surface area (Å²) in [5, 5.41) is 21.4. The van der Waals surface area contributed by atoms with E-state index in [0.717, 1.165) is 0 Å². The third-order valence-corrected chi connectivity index (χ3v) is 6.91. The average Bonchev–Trinajstić information content (AvgIpc) is 3.12. The van der Waals surface area contributed by atoms with Crippen molar-refractivity contribution < 1.29 is 29.2 Å². The summed E-state index contributed by atoms with van der Waals surface area (Å²) in [5.41, 5.74) is 0.572. The Morgan fingerprint density at radius 3 is 2.61 bits per heavy atom. The summed E-state index contributed by atoms with van der Waals surface area (Å²) in [7, 11) is 0. The van der Waals surface area contributed by atoms with E-state index in [1.807, 2.05) is 0 Å². The lowest BCUT2D eigenvalue weighted by atomic mass is 10.2. The van der Waals surface area contributed by atoms with Crippen molar-refractivity contribution >= 4 is 46.3 Å². The summed E-state index contributed by atoms with van der Waals surface area (Å²) in [6, 6.07) is 5.53. The van der Waals surface area contributed by atoms with Crippen LogP contribution in [0.15, 0.2) is 24.3 Å². The summed E-state index contributed by atoms with van der Waals surface area (Å²) in [6.45, 7) is 3.07. The summed E-state index contributed by atoms with van der Waals surface area (Å²) >= 11 is 2.53. The molecule has 1 aliphatic rings. The van der Waals surface area contributed by atoms with Gasteiger partial charge in [-0.2, -0.15) is 0 Å². The Hall–Kier alpha value is -2.31. The minimum atomic E-state index is -0.539. The predicted molar refractivity (Wildman–Crippen MR) is 118 cm³/mol. The van der Waals surface area contributed by atoms with Gasteiger partial charge in [-0.25, -0.2) is 4.79 Å². The highest BCUT2D eigenvalue weighted by atomic mass is 32.2. The average molecular weight is 472 g/mol. The number of carbonyl (C=O) groups excluding carboxylic acids is 3. The number of aliphatic hydroxyl groups excluding tert-OH is 1. The van der Waals surface area contributed by atoms with Gasteiger partial charge in [0.2, 0.25) is 5.91 Å². The molecule has 10 nitrogen and oxygen atoms in total. The molecule has 1 aromatic carbocycles. The fourth-order valence-electron chi connectivity index (χ4n) is 3.07. The molecule has 1 aliphatic heterocycles. The molecule has 2 amide bonds. The van der Waals surface area contributed by atoms with Crippen LogP contribution in [0.25, 0.3) is 0 Å². The number of amides is 2. The van der Waals surface area contributed by atoms with Crippen molar-refractivity contribution in [2.75, 3.05) is 19.0 Å². The van der Waals surface area contributed by atoms with E-state index in [0.29, 0.717) is 24.3 Å². The van der Waals surface area contributed by atoms with E-state index in [1.54, 1.807) is 11.8 Å². The van der Waals surface area contributed by atoms with Gasteiger partial charge in [0, 0.05) is 42.6 Å². The molecule has 0 aliphatic carbocycles. The van der Waals surface area contributed by atoms with E-state index < -0.39 is 23.0 Å². The first kappa shape index (κ1) is 25.0. The Bertz CT molecular complexity index is 806. The van der Waals surface area contributed by atoms with Crippen LogP contribution in [0.5, 0.6) is 0 Å². The van der Waals surface area contributed by atoms with Crippen molar-refractivity contribution in [2.45, 2.75) is 43.4 Å². The Kier molecular flexibility index (Phi) is 9.59. The number of rotatable bonds is 9. The number of nitrogens with zero attached hydrogens (tertiary/aromatic N) is 2. The number of carbonyl (C=O) groups is 3. The number of non-ortho nitro benzene ring substituents is 1. The lowest BCUT2D eigenvalue weighted by Crippen LogP contribution is -2.39. The standard InChI is InChI=1S/C19H25N3O7S2/c1-12(18(25)20-11-23)30-10-16-7-17(31-13(2)24)8-21(16)19(26)29-9-14-3-5-15(6-4-14)22(27)28/h3-6,12,16-17,23H,7-11H2,1-2H3,(H,20,25)/t12?,16-,17+/m0/s1. The molecule has 0 aromatic heterocycles. The van der Waals surface area contributed by atoms with Crippen molar-refractivity contribution in [3.63, 3.8) is 0 Å². The molecule has 0 spiro atoms. The molecule has 3 atom stereocenters. The van der Waals surface area contributed by atoms with Gasteiger partial charge in [0.05, 0.1) is 10.2 Å². The van der Waals surface area contributed by atoms with Crippen molar-refractivity contribution in [3.05, 3.63) is 39.9 Å². The van der Waals surface area contributed by atoms with Crippen molar-refractivity contribution in [1.29, 1.82) is 0 Å². The molecule has 0 radical (unpaired) electrons. The van der Waals surface area contributed by atoms with Gasteiger partial charge in [-0.15, -0.1) is 11.8 Å². The lowest BCUT2D eigenvalue weighted by molar-refractivity contribution is -0.384. The maximum absolute atomic E-state index is 12.7. The van der Waals surface area contributed by atoms with Crippen LogP contribution < -0.4 is 5.32 Å². The van der Waals surface area contributed by atoms with Gasteiger partial charge < -0.3 is 20.1 Å². The number of aliphatic hydroxyl groups is 1. The monoisotopic (exact) mass is 471 g/mol. The van der Waals surface area contributed by atoms with E-state index in [9.17, 15) is 24.5 Å². The number of nitro groups is 1. The first-order valence-corrected chi connectivity index (χ1v) is 11.5. The Labute approximate surface area is 188 Å². The molecule has 1 fully saturated rings. The molecule has 170 valence electrons. The molecule has 1 unspecified atom stereocenters. The van der Waals surface area contributed by atoms with Gasteiger partial charge in [-0.1, -0.05) is 11.8 Å². The fourth-order valence-corrected chi connectivity index (χ4v) is 5.15. The molecule has 12 heteroatoms.